The van der Waals surface area contributed by atoms with Crippen molar-refractivity contribution >= 4 is 5.95 Å². The molecule has 4 heteroatoms. The van der Waals surface area contributed by atoms with E-state index in [0.29, 0.717) is 5.95 Å². The number of rotatable bonds is 1. The molecule has 0 radical (unpaired) electrons. The molecule has 2 heterocycles. The number of anilines is 1. The second-order valence-corrected chi connectivity index (χ2v) is 6.07. The van der Waals surface area contributed by atoms with Crippen molar-refractivity contribution in [2.24, 2.45) is 0 Å². The first-order valence-electron chi connectivity index (χ1n) is 7.67. The van der Waals surface area contributed by atoms with Crippen LogP contribution in [-0.4, -0.2) is 30.1 Å². The first kappa shape index (κ1) is 12.8. The fourth-order valence-corrected chi connectivity index (χ4v) is 3.85. The average molecular weight is 280 g/mol. The number of nitrogens with zero attached hydrogens (tertiary/aromatic N) is 2. The first-order chi connectivity index (χ1) is 10.3. The highest BCUT2D eigenvalue weighted by Crippen LogP contribution is 2.46. The highest BCUT2D eigenvalue weighted by molar-refractivity contribution is 5.72. The molecule has 1 aromatic carbocycles. The summed E-state index contributed by atoms with van der Waals surface area (Å²) in [5, 5.41) is 6.53. The molecule has 1 aliphatic heterocycles. The van der Waals surface area contributed by atoms with Gasteiger partial charge in [0, 0.05) is 24.2 Å². The lowest BCUT2D eigenvalue weighted by molar-refractivity contribution is 0.302. The van der Waals surface area contributed by atoms with E-state index in [1.165, 1.54) is 29.5 Å². The Labute approximate surface area is 125 Å². The van der Waals surface area contributed by atoms with Crippen LogP contribution in [0.5, 0.6) is 0 Å². The van der Waals surface area contributed by atoms with Crippen LogP contribution in [0, 0.1) is 0 Å². The van der Waals surface area contributed by atoms with Gasteiger partial charge in [-0.15, -0.1) is 0 Å². The minimum absolute atomic E-state index is 0.263. The molecule has 108 valence electrons. The maximum absolute atomic E-state index is 4.71. The zero-order chi connectivity index (χ0) is 14.3. The molecular weight excluding hydrogens is 260 g/mol. The molecule has 2 aliphatic rings. The van der Waals surface area contributed by atoms with Crippen molar-refractivity contribution in [1.29, 1.82) is 0 Å². The lowest BCUT2D eigenvalue weighted by Crippen LogP contribution is -2.43. The number of hydrogen-bond donors (Lipinski definition) is 2. The van der Waals surface area contributed by atoms with Gasteiger partial charge in [-0.3, -0.25) is 0 Å². The van der Waals surface area contributed by atoms with E-state index in [9.17, 15) is 0 Å². The summed E-state index contributed by atoms with van der Waals surface area (Å²) in [5.41, 5.74) is 5.42. The van der Waals surface area contributed by atoms with Gasteiger partial charge in [-0.25, -0.2) is 9.97 Å². The zero-order valence-electron chi connectivity index (χ0n) is 12.3. The maximum atomic E-state index is 4.71. The van der Waals surface area contributed by atoms with Crippen LogP contribution in [0.25, 0.3) is 11.3 Å². The highest BCUT2D eigenvalue weighted by Gasteiger charge is 2.40. The van der Waals surface area contributed by atoms with Crippen molar-refractivity contribution < 1.29 is 0 Å². The standard InChI is InChI=1S/C17H20N4/c1-18-16-20-11-12-10-17(6-8-19-9-7-17)14-5-3-2-4-13(14)15(12)21-16/h2-5,11,19H,6-10H2,1H3,(H,18,20,21). The summed E-state index contributed by atoms with van der Waals surface area (Å²) in [6.45, 7) is 2.19. The predicted octanol–water partition coefficient (Wildman–Crippen LogP) is 2.36. The number of aromatic nitrogens is 2. The third-order valence-electron chi connectivity index (χ3n) is 4.93. The summed E-state index contributed by atoms with van der Waals surface area (Å²) in [6.07, 6.45) is 5.45. The van der Waals surface area contributed by atoms with E-state index < -0.39 is 0 Å². The maximum Gasteiger partial charge on any atom is 0.222 e. The molecular formula is C17H20N4. The summed E-state index contributed by atoms with van der Waals surface area (Å²) in [5.74, 6) is 0.699. The van der Waals surface area contributed by atoms with Crippen LogP contribution in [-0.2, 0) is 11.8 Å². The third kappa shape index (κ3) is 1.94. The van der Waals surface area contributed by atoms with Gasteiger partial charge >= 0.3 is 0 Å². The van der Waals surface area contributed by atoms with Crippen molar-refractivity contribution in [1.82, 2.24) is 15.3 Å². The summed E-state index contributed by atoms with van der Waals surface area (Å²) >= 11 is 0. The van der Waals surface area contributed by atoms with Gasteiger partial charge in [-0.1, -0.05) is 24.3 Å². The second kappa shape index (κ2) is 4.81. The molecule has 4 rings (SSSR count). The van der Waals surface area contributed by atoms with Gasteiger partial charge in [-0.2, -0.15) is 0 Å². The Morgan fingerprint density at radius 1 is 1.19 bits per heavy atom. The number of fused-ring (bicyclic) bond motifs is 4. The Hall–Kier alpha value is -1.94. The molecule has 21 heavy (non-hydrogen) atoms. The quantitative estimate of drug-likeness (QED) is 0.842. The summed E-state index contributed by atoms with van der Waals surface area (Å²) in [6, 6.07) is 8.78. The lowest BCUT2D eigenvalue weighted by Gasteiger charge is -2.42. The molecule has 1 spiro atoms. The molecule has 0 bridgehead atoms. The van der Waals surface area contributed by atoms with Crippen molar-refractivity contribution in [3.63, 3.8) is 0 Å². The average Bonchev–Trinajstić information content (AvgIpc) is 2.56. The molecule has 1 aliphatic carbocycles. The van der Waals surface area contributed by atoms with Crippen LogP contribution in [0.15, 0.2) is 30.5 Å². The van der Waals surface area contributed by atoms with Crippen molar-refractivity contribution in [3.8, 4) is 11.3 Å². The molecule has 1 saturated heterocycles. The van der Waals surface area contributed by atoms with Gasteiger partial charge in [-0.05, 0) is 43.5 Å². The molecule has 0 amide bonds. The first-order valence-corrected chi connectivity index (χ1v) is 7.67. The second-order valence-electron chi connectivity index (χ2n) is 6.07. The van der Waals surface area contributed by atoms with E-state index in [2.05, 4.69) is 39.9 Å². The number of piperidine rings is 1. The molecule has 4 nitrogen and oxygen atoms in total. The Morgan fingerprint density at radius 3 is 2.81 bits per heavy atom. The Kier molecular flexibility index (Phi) is 2.93. The molecule has 0 unspecified atom stereocenters. The lowest BCUT2D eigenvalue weighted by atomic mass is 9.64. The minimum Gasteiger partial charge on any atom is -0.357 e. The van der Waals surface area contributed by atoms with Crippen LogP contribution in [0.1, 0.15) is 24.0 Å². The van der Waals surface area contributed by atoms with Crippen LogP contribution < -0.4 is 10.6 Å². The van der Waals surface area contributed by atoms with E-state index in [4.69, 9.17) is 4.98 Å². The van der Waals surface area contributed by atoms with E-state index in [-0.39, 0.29) is 5.41 Å². The fraction of sp³-hybridized carbons (Fsp3) is 0.412. The van der Waals surface area contributed by atoms with E-state index >= 15 is 0 Å². The van der Waals surface area contributed by atoms with Crippen molar-refractivity contribution in [3.05, 3.63) is 41.6 Å². The van der Waals surface area contributed by atoms with E-state index in [0.717, 1.165) is 25.2 Å². The zero-order valence-corrected chi connectivity index (χ0v) is 12.3. The topological polar surface area (TPSA) is 49.8 Å². The van der Waals surface area contributed by atoms with Crippen LogP contribution in [0.4, 0.5) is 5.95 Å². The van der Waals surface area contributed by atoms with Gasteiger partial charge < -0.3 is 10.6 Å². The monoisotopic (exact) mass is 280 g/mol. The summed E-state index contributed by atoms with van der Waals surface area (Å²) < 4.78 is 0. The summed E-state index contributed by atoms with van der Waals surface area (Å²) in [7, 11) is 1.87. The minimum atomic E-state index is 0.263. The number of benzene rings is 1. The van der Waals surface area contributed by atoms with Gasteiger partial charge in [0.2, 0.25) is 5.95 Å². The molecule has 1 fully saturated rings. The SMILES string of the molecule is CNc1ncc2c(n1)-c1ccccc1C1(CCNCC1)C2. The van der Waals surface area contributed by atoms with Crippen molar-refractivity contribution in [2.45, 2.75) is 24.7 Å². The number of hydrogen-bond acceptors (Lipinski definition) is 4. The number of nitrogens with one attached hydrogen (secondary N) is 2. The fourth-order valence-electron chi connectivity index (χ4n) is 3.85. The van der Waals surface area contributed by atoms with E-state index in [1.54, 1.807) is 0 Å². The normalized spacial score (nSPS) is 18.9. The van der Waals surface area contributed by atoms with Crippen molar-refractivity contribution in [2.75, 3.05) is 25.5 Å². The largest absolute Gasteiger partial charge is 0.357 e. The van der Waals surface area contributed by atoms with Gasteiger partial charge in [0.1, 0.15) is 0 Å². The molecule has 2 aromatic rings. The van der Waals surface area contributed by atoms with Gasteiger partial charge in [0.05, 0.1) is 5.69 Å². The van der Waals surface area contributed by atoms with E-state index in [1.807, 2.05) is 13.2 Å². The van der Waals surface area contributed by atoms with Gasteiger partial charge in [0.25, 0.3) is 0 Å². The van der Waals surface area contributed by atoms with Crippen LogP contribution in [0.2, 0.25) is 0 Å². The summed E-state index contributed by atoms with van der Waals surface area (Å²) in [4.78, 5) is 9.14. The molecule has 0 atom stereocenters. The Morgan fingerprint density at radius 2 is 2.00 bits per heavy atom. The molecule has 2 N–H and O–H groups in total. The third-order valence-corrected chi connectivity index (χ3v) is 4.93. The van der Waals surface area contributed by atoms with Crippen LogP contribution in [0.3, 0.4) is 0 Å². The molecule has 1 aromatic heterocycles. The van der Waals surface area contributed by atoms with Crippen LogP contribution >= 0.6 is 0 Å². The highest BCUT2D eigenvalue weighted by atomic mass is 15.1. The Bertz CT molecular complexity index is 674. The predicted molar refractivity (Wildman–Crippen MR) is 84.5 cm³/mol. The molecule has 0 saturated carbocycles. The van der Waals surface area contributed by atoms with Gasteiger partial charge in [0.15, 0.2) is 0 Å². The smallest absolute Gasteiger partial charge is 0.222 e. The Balaban J connectivity index is 1.91.